The second-order valence-electron chi connectivity index (χ2n) is 8.64. The van der Waals surface area contributed by atoms with Gasteiger partial charge in [0.05, 0.1) is 5.56 Å². The molecule has 4 rings (SSSR count). The first-order chi connectivity index (χ1) is 16.2. The second-order valence-corrected chi connectivity index (χ2v) is 8.64. The molecular weight excluding hydrogens is 452 g/mol. The zero-order valence-electron chi connectivity index (χ0n) is 18.6. The maximum atomic E-state index is 13.1. The molecule has 0 aliphatic carbocycles. The summed E-state index contributed by atoms with van der Waals surface area (Å²) in [6.07, 6.45) is -1.77. The zero-order chi connectivity index (χ0) is 24.3. The van der Waals surface area contributed by atoms with Gasteiger partial charge in [0.2, 0.25) is 5.91 Å². The number of carbonyl (C=O) groups excluding carboxylic acids is 2. The van der Waals surface area contributed by atoms with Crippen molar-refractivity contribution in [3.63, 3.8) is 0 Å². The largest absolute Gasteiger partial charge is 0.417 e. The van der Waals surface area contributed by atoms with Crippen molar-refractivity contribution in [2.24, 2.45) is 5.92 Å². The number of benzene rings is 1. The van der Waals surface area contributed by atoms with Gasteiger partial charge in [-0.2, -0.15) is 13.2 Å². The highest BCUT2D eigenvalue weighted by Gasteiger charge is 2.33. The lowest BCUT2D eigenvalue weighted by Crippen LogP contribution is -2.45. The van der Waals surface area contributed by atoms with Crippen molar-refractivity contribution in [2.45, 2.75) is 25.4 Å². The molecule has 0 saturated carbocycles. The van der Waals surface area contributed by atoms with Crippen molar-refractivity contribution in [2.75, 3.05) is 44.2 Å². The highest BCUT2D eigenvalue weighted by molar-refractivity contribution is 5.94. The van der Waals surface area contributed by atoms with Crippen molar-refractivity contribution >= 4 is 17.6 Å². The van der Waals surface area contributed by atoms with E-state index >= 15 is 0 Å². The van der Waals surface area contributed by atoms with E-state index in [4.69, 9.17) is 0 Å². The van der Waals surface area contributed by atoms with Crippen LogP contribution < -0.4 is 4.90 Å². The third-order valence-corrected chi connectivity index (χ3v) is 6.43. The van der Waals surface area contributed by atoms with Gasteiger partial charge in [-0.1, -0.05) is 0 Å². The number of hydrogen-bond acceptors (Lipinski definition) is 4. The Morgan fingerprint density at radius 3 is 2.18 bits per heavy atom. The minimum atomic E-state index is -4.42. The van der Waals surface area contributed by atoms with Crippen LogP contribution in [0.15, 0.2) is 42.6 Å². The topological polar surface area (TPSA) is 56.8 Å². The molecule has 2 amide bonds. The summed E-state index contributed by atoms with van der Waals surface area (Å²) < 4.78 is 51.4. The molecule has 0 unspecified atom stereocenters. The minimum absolute atomic E-state index is 0.0520. The maximum Gasteiger partial charge on any atom is 0.417 e. The van der Waals surface area contributed by atoms with Crippen LogP contribution >= 0.6 is 0 Å². The summed E-state index contributed by atoms with van der Waals surface area (Å²) in [5.41, 5.74) is -0.359. The van der Waals surface area contributed by atoms with E-state index in [-0.39, 0.29) is 17.7 Å². The third kappa shape index (κ3) is 5.48. The molecule has 2 aliphatic heterocycles. The summed E-state index contributed by atoms with van der Waals surface area (Å²) >= 11 is 0. The van der Waals surface area contributed by atoms with Crippen molar-refractivity contribution in [3.05, 3.63) is 59.5 Å². The fraction of sp³-hybridized carbons (Fsp3) is 0.458. The van der Waals surface area contributed by atoms with Gasteiger partial charge in [0.1, 0.15) is 11.6 Å². The normalized spacial score (nSPS) is 18.1. The zero-order valence-corrected chi connectivity index (χ0v) is 18.6. The smallest absolute Gasteiger partial charge is 0.355 e. The summed E-state index contributed by atoms with van der Waals surface area (Å²) in [7, 11) is 0. The molecule has 34 heavy (non-hydrogen) atoms. The number of halogens is 4. The monoisotopic (exact) mass is 478 g/mol. The molecule has 2 saturated heterocycles. The molecular formula is C24H26F4N4O2. The van der Waals surface area contributed by atoms with Gasteiger partial charge in [-0.3, -0.25) is 9.59 Å². The molecule has 1 aromatic heterocycles. The van der Waals surface area contributed by atoms with Crippen LogP contribution in [-0.4, -0.2) is 65.9 Å². The van der Waals surface area contributed by atoms with Crippen LogP contribution in [0.25, 0.3) is 0 Å². The summed E-state index contributed by atoms with van der Waals surface area (Å²) in [4.78, 5) is 35.1. The maximum absolute atomic E-state index is 13.1. The van der Waals surface area contributed by atoms with Gasteiger partial charge in [0.25, 0.3) is 5.91 Å². The molecule has 0 N–H and O–H groups in total. The Labute approximate surface area is 195 Å². The van der Waals surface area contributed by atoms with E-state index in [1.165, 1.54) is 30.3 Å². The van der Waals surface area contributed by atoms with E-state index in [9.17, 15) is 27.2 Å². The first-order valence-corrected chi connectivity index (χ1v) is 11.3. The number of aromatic nitrogens is 1. The lowest BCUT2D eigenvalue weighted by Gasteiger charge is -2.34. The van der Waals surface area contributed by atoms with Gasteiger partial charge in [0.15, 0.2) is 0 Å². The number of nitrogens with zero attached hydrogens (tertiary/aromatic N) is 4. The predicted octanol–water partition coefficient (Wildman–Crippen LogP) is 3.83. The Morgan fingerprint density at radius 1 is 0.853 bits per heavy atom. The van der Waals surface area contributed by atoms with Crippen molar-refractivity contribution in [1.82, 2.24) is 14.8 Å². The first-order valence-electron chi connectivity index (χ1n) is 11.3. The van der Waals surface area contributed by atoms with Crippen molar-refractivity contribution in [1.29, 1.82) is 0 Å². The molecule has 182 valence electrons. The van der Waals surface area contributed by atoms with E-state index in [2.05, 4.69) is 4.98 Å². The fourth-order valence-electron chi connectivity index (χ4n) is 4.47. The molecule has 2 fully saturated rings. The predicted molar refractivity (Wildman–Crippen MR) is 118 cm³/mol. The van der Waals surface area contributed by atoms with Crippen molar-refractivity contribution < 1.29 is 27.2 Å². The second kappa shape index (κ2) is 9.99. The molecule has 2 aliphatic rings. The van der Waals surface area contributed by atoms with Crippen LogP contribution in [0.2, 0.25) is 0 Å². The van der Waals surface area contributed by atoms with Crippen LogP contribution in [-0.2, 0) is 11.0 Å². The molecule has 0 radical (unpaired) electrons. The van der Waals surface area contributed by atoms with Gasteiger partial charge in [0, 0.05) is 56.9 Å². The van der Waals surface area contributed by atoms with Crippen LogP contribution in [0, 0.1) is 11.7 Å². The number of alkyl halides is 3. The van der Waals surface area contributed by atoms with Crippen molar-refractivity contribution in [3.8, 4) is 0 Å². The Hall–Kier alpha value is -3.17. The Bertz CT molecular complexity index is 1000. The van der Waals surface area contributed by atoms with E-state index < -0.39 is 17.6 Å². The van der Waals surface area contributed by atoms with E-state index in [0.29, 0.717) is 69.9 Å². The lowest BCUT2D eigenvalue weighted by molar-refractivity contribution is -0.138. The summed E-state index contributed by atoms with van der Waals surface area (Å²) in [6, 6.07) is 7.83. The average Bonchev–Trinajstić information content (AvgIpc) is 3.10. The number of hydrogen-bond donors (Lipinski definition) is 0. The molecule has 6 nitrogen and oxygen atoms in total. The fourth-order valence-corrected chi connectivity index (χ4v) is 4.47. The van der Waals surface area contributed by atoms with Gasteiger partial charge in [-0.25, -0.2) is 9.37 Å². The van der Waals surface area contributed by atoms with Gasteiger partial charge < -0.3 is 14.7 Å². The number of likely N-dealkylation sites (tertiary alicyclic amines) is 1. The molecule has 1 aromatic carbocycles. The summed E-state index contributed by atoms with van der Waals surface area (Å²) in [6.45, 7) is 3.06. The highest BCUT2D eigenvalue weighted by atomic mass is 19.4. The number of anilines is 1. The Morgan fingerprint density at radius 2 is 1.56 bits per heavy atom. The third-order valence-electron chi connectivity index (χ3n) is 6.43. The van der Waals surface area contributed by atoms with Crippen LogP contribution in [0.5, 0.6) is 0 Å². The molecule has 0 spiro atoms. The quantitative estimate of drug-likeness (QED) is 0.630. The number of amides is 2. The van der Waals surface area contributed by atoms with Gasteiger partial charge in [-0.05, 0) is 55.7 Å². The number of piperidine rings is 1. The number of carbonyl (C=O) groups is 2. The summed E-state index contributed by atoms with van der Waals surface area (Å²) in [5.74, 6) is -0.217. The van der Waals surface area contributed by atoms with Crippen LogP contribution in [0.3, 0.4) is 0 Å². The number of pyridine rings is 1. The molecule has 0 bridgehead atoms. The lowest BCUT2D eigenvalue weighted by atomic mass is 9.94. The molecule has 10 heteroatoms. The number of rotatable bonds is 3. The Kier molecular flexibility index (Phi) is 7.04. The SMILES string of the molecule is O=C(c1ccc(F)cc1)N1CCC(C(=O)N2CCCN(c3ccc(C(F)(F)F)cn3)CC2)CC1. The van der Waals surface area contributed by atoms with Gasteiger partial charge >= 0.3 is 6.18 Å². The average molecular weight is 478 g/mol. The standard InChI is InChI=1S/C24H26F4N4O2/c25-20-5-2-17(3-6-20)22(33)32-12-8-18(9-13-32)23(34)31-11-1-10-30(14-15-31)21-7-4-19(16-29-21)24(26,27)28/h2-7,16,18H,1,8-15H2. The van der Waals surface area contributed by atoms with Crippen LogP contribution in [0.4, 0.5) is 23.4 Å². The minimum Gasteiger partial charge on any atom is -0.355 e. The molecule has 0 atom stereocenters. The summed E-state index contributed by atoms with van der Waals surface area (Å²) in [5, 5.41) is 0. The molecule has 3 heterocycles. The van der Waals surface area contributed by atoms with Crippen LogP contribution in [0.1, 0.15) is 35.2 Å². The molecule has 2 aromatic rings. The van der Waals surface area contributed by atoms with E-state index in [1.807, 2.05) is 9.80 Å². The first kappa shape index (κ1) is 24.0. The highest BCUT2D eigenvalue weighted by Crippen LogP contribution is 2.29. The van der Waals surface area contributed by atoms with E-state index in [0.717, 1.165) is 12.3 Å². The Balaban J connectivity index is 1.29. The van der Waals surface area contributed by atoms with E-state index in [1.54, 1.807) is 4.90 Å². The van der Waals surface area contributed by atoms with Gasteiger partial charge in [-0.15, -0.1) is 0 Å².